The number of aromatic nitrogens is 2. The third-order valence-electron chi connectivity index (χ3n) is 3.69. The predicted molar refractivity (Wildman–Crippen MR) is 88.5 cm³/mol. The van der Waals surface area contributed by atoms with Crippen molar-refractivity contribution < 1.29 is 0 Å². The van der Waals surface area contributed by atoms with Crippen molar-refractivity contribution in [2.45, 2.75) is 56.0 Å². The molecular formula is C17H23N3S. The predicted octanol–water partition coefficient (Wildman–Crippen LogP) is 4.01. The van der Waals surface area contributed by atoms with Gasteiger partial charge in [0.2, 0.25) is 0 Å². The van der Waals surface area contributed by atoms with Gasteiger partial charge in [-0.3, -0.25) is 0 Å². The average molecular weight is 301 g/mol. The van der Waals surface area contributed by atoms with Crippen molar-refractivity contribution in [3.05, 3.63) is 48.0 Å². The van der Waals surface area contributed by atoms with Crippen molar-refractivity contribution in [3.8, 4) is 0 Å². The van der Waals surface area contributed by atoms with Crippen LogP contribution in [0.1, 0.15) is 44.0 Å². The summed E-state index contributed by atoms with van der Waals surface area (Å²) in [5, 5.41) is 3.47. The normalized spacial score (nSPS) is 14.8. The van der Waals surface area contributed by atoms with Gasteiger partial charge < -0.3 is 9.88 Å². The minimum atomic E-state index is 0.522. The Morgan fingerprint density at radius 1 is 1.38 bits per heavy atom. The standard InChI is InChI=1S/C17H23N3S/c1-13(2)19-9-14-4-3-5-17(8-14)21-11-16-10-18-12-20(16)15-6-7-15/h3-5,8,10,12-13,15,19H,6-7,9,11H2,1-2H3. The van der Waals surface area contributed by atoms with Crippen molar-refractivity contribution >= 4 is 11.8 Å². The van der Waals surface area contributed by atoms with Crippen molar-refractivity contribution in [2.75, 3.05) is 0 Å². The summed E-state index contributed by atoms with van der Waals surface area (Å²) in [6.45, 7) is 5.29. The molecular weight excluding hydrogens is 278 g/mol. The highest BCUT2D eigenvalue weighted by Crippen LogP contribution is 2.36. The summed E-state index contributed by atoms with van der Waals surface area (Å²) in [6.07, 6.45) is 6.61. The van der Waals surface area contributed by atoms with Gasteiger partial charge in [0.1, 0.15) is 0 Å². The molecule has 0 bridgehead atoms. The van der Waals surface area contributed by atoms with E-state index in [1.54, 1.807) is 0 Å². The number of imidazole rings is 1. The van der Waals surface area contributed by atoms with E-state index in [2.05, 4.69) is 53.0 Å². The fourth-order valence-corrected chi connectivity index (χ4v) is 3.30. The van der Waals surface area contributed by atoms with Crippen LogP contribution in [-0.2, 0) is 12.3 Å². The molecule has 3 rings (SSSR count). The third kappa shape index (κ3) is 4.11. The van der Waals surface area contributed by atoms with Gasteiger partial charge in [0.05, 0.1) is 6.33 Å². The van der Waals surface area contributed by atoms with E-state index >= 15 is 0 Å². The molecule has 2 aromatic rings. The molecule has 3 nitrogen and oxygen atoms in total. The molecule has 1 heterocycles. The molecule has 0 spiro atoms. The minimum Gasteiger partial charge on any atom is -0.331 e. The Labute approximate surface area is 131 Å². The van der Waals surface area contributed by atoms with Crippen LogP contribution in [0.5, 0.6) is 0 Å². The molecule has 1 aliphatic rings. The highest BCUT2D eigenvalue weighted by atomic mass is 32.2. The quantitative estimate of drug-likeness (QED) is 0.784. The molecule has 1 fully saturated rings. The third-order valence-corrected chi connectivity index (χ3v) is 4.71. The summed E-state index contributed by atoms with van der Waals surface area (Å²) in [4.78, 5) is 5.64. The lowest BCUT2D eigenvalue weighted by molar-refractivity contribution is 0.588. The first-order valence-corrected chi connectivity index (χ1v) is 8.67. The summed E-state index contributed by atoms with van der Waals surface area (Å²) >= 11 is 1.90. The number of hydrogen-bond donors (Lipinski definition) is 1. The molecule has 0 atom stereocenters. The Bertz CT molecular complexity index is 587. The second kappa shape index (κ2) is 6.67. The second-order valence-electron chi connectivity index (χ2n) is 6.00. The van der Waals surface area contributed by atoms with E-state index in [0.29, 0.717) is 12.1 Å². The average Bonchev–Trinajstić information content (AvgIpc) is 3.22. The summed E-state index contributed by atoms with van der Waals surface area (Å²) in [6, 6.07) is 10.1. The maximum Gasteiger partial charge on any atom is 0.0951 e. The molecule has 1 saturated carbocycles. The zero-order valence-corrected chi connectivity index (χ0v) is 13.6. The van der Waals surface area contributed by atoms with E-state index in [1.165, 1.54) is 29.0 Å². The molecule has 0 amide bonds. The maximum absolute atomic E-state index is 4.30. The fourth-order valence-electron chi connectivity index (χ4n) is 2.35. The van der Waals surface area contributed by atoms with Gasteiger partial charge in [0, 0.05) is 41.2 Å². The van der Waals surface area contributed by atoms with Crippen LogP contribution in [0, 0.1) is 0 Å². The lowest BCUT2D eigenvalue weighted by atomic mass is 10.2. The number of benzene rings is 1. The summed E-state index contributed by atoms with van der Waals surface area (Å²) in [7, 11) is 0. The molecule has 0 aliphatic heterocycles. The lowest BCUT2D eigenvalue weighted by Gasteiger charge is -2.10. The van der Waals surface area contributed by atoms with Gasteiger partial charge in [-0.15, -0.1) is 11.8 Å². The van der Waals surface area contributed by atoms with Crippen molar-refractivity contribution in [3.63, 3.8) is 0 Å². The largest absolute Gasteiger partial charge is 0.331 e. The van der Waals surface area contributed by atoms with E-state index in [0.717, 1.165) is 12.3 Å². The Balaban J connectivity index is 1.59. The first-order chi connectivity index (χ1) is 10.2. The van der Waals surface area contributed by atoms with Crippen LogP contribution in [0.25, 0.3) is 0 Å². The van der Waals surface area contributed by atoms with Gasteiger partial charge in [-0.25, -0.2) is 4.98 Å². The van der Waals surface area contributed by atoms with E-state index in [4.69, 9.17) is 0 Å². The number of hydrogen-bond acceptors (Lipinski definition) is 3. The molecule has 112 valence electrons. The molecule has 1 aliphatic carbocycles. The van der Waals surface area contributed by atoms with E-state index in [9.17, 15) is 0 Å². The van der Waals surface area contributed by atoms with Crippen LogP contribution in [0.2, 0.25) is 0 Å². The zero-order valence-electron chi connectivity index (χ0n) is 12.7. The van der Waals surface area contributed by atoms with E-state index < -0.39 is 0 Å². The van der Waals surface area contributed by atoms with Gasteiger partial charge >= 0.3 is 0 Å². The van der Waals surface area contributed by atoms with Crippen LogP contribution in [0.15, 0.2) is 41.7 Å². The second-order valence-corrected chi connectivity index (χ2v) is 7.04. The number of nitrogens with one attached hydrogen (secondary N) is 1. The number of thioether (sulfide) groups is 1. The van der Waals surface area contributed by atoms with Crippen LogP contribution < -0.4 is 5.32 Å². The molecule has 1 aromatic carbocycles. The van der Waals surface area contributed by atoms with Crippen LogP contribution in [-0.4, -0.2) is 15.6 Å². The SMILES string of the molecule is CC(C)NCc1cccc(SCc2cncn2C2CC2)c1. The van der Waals surface area contributed by atoms with Crippen LogP contribution in [0.4, 0.5) is 0 Å². The van der Waals surface area contributed by atoms with Crippen LogP contribution >= 0.6 is 11.8 Å². The van der Waals surface area contributed by atoms with E-state index in [1.807, 2.05) is 24.3 Å². The fraction of sp³-hybridized carbons (Fsp3) is 0.471. The molecule has 21 heavy (non-hydrogen) atoms. The number of rotatable bonds is 7. The Kier molecular flexibility index (Phi) is 4.66. The van der Waals surface area contributed by atoms with Gasteiger partial charge in [-0.05, 0) is 30.5 Å². The monoisotopic (exact) mass is 301 g/mol. The summed E-state index contributed by atoms with van der Waals surface area (Å²) < 4.78 is 2.34. The molecule has 0 radical (unpaired) electrons. The summed E-state index contributed by atoms with van der Waals surface area (Å²) in [5.74, 6) is 0.998. The zero-order chi connectivity index (χ0) is 14.7. The maximum atomic E-state index is 4.30. The highest BCUT2D eigenvalue weighted by Gasteiger charge is 2.24. The molecule has 0 saturated heterocycles. The Morgan fingerprint density at radius 2 is 2.24 bits per heavy atom. The van der Waals surface area contributed by atoms with Gasteiger partial charge in [0.25, 0.3) is 0 Å². The molecule has 4 heteroatoms. The highest BCUT2D eigenvalue weighted by molar-refractivity contribution is 7.98. The Morgan fingerprint density at radius 3 is 3.00 bits per heavy atom. The summed E-state index contributed by atoms with van der Waals surface area (Å²) in [5.41, 5.74) is 2.69. The molecule has 1 N–H and O–H groups in total. The lowest BCUT2D eigenvalue weighted by Crippen LogP contribution is -2.21. The van der Waals surface area contributed by atoms with Crippen molar-refractivity contribution in [1.29, 1.82) is 0 Å². The van der Waals surface area contributed by atoms with Gasteiger partial charge in [0.15, 0.2) is 0 Å². The topological polar surface area (TPSA) is 29.9 Å². The number of nitrogens with zero attached hydrogens (tertiary/aromatic N) is 2. The molecule has 1 aromatic heterocycles. The van der Waals surface area contributed by atoms with Crippen LogP contribution in [0.3, 0.4) is 0 Å². The van der Waals surface area contributed by atoms with Crippen molar-refractivity contribution in [2.24, 2.45) is 0 Å². The Hall–Kier alpha value is -1.26. The molecule has 0 unspecified atom stereocenters. The van der Waals surface area contributed by atoms with Crippen molar-refractivity contribution in [1.82, 2.24) is 14.9 Å². The first-order valence-electron chi connectivity index (χ1n) is 7.68. The first kappa shape index (κ1) is 14.7. The van der Waals surface area contributed by atoms with Gasteiger partial charge in [-0.2, -0.15) is 0 Å². The van der Waals surface area contributed by atoms with E-state index in [-0.39, 0.29) is 0 Å². The smallest absolute Gasteiger partial charge is 0.0951 e. The van der Waals surface area contributed by atoms with Gasteiger partial charge in [-0.1, -0.05) is 26.0 Å². The minimum absolute atomic E-state index is 0.522.